The summed E-state index contributed by atoms with van der Waals surface area (Å²) in [6.45, 7) is 0.621. The molecule has 0 spiro atoms. The van der Waals surface area contributed by atoms with Gasteiger partial charge in [-0.15, -0.1) is 0 Å². The van der Waals surface area contributed by atoms with Crippen LogP contribution in [-0.2, 0) is 11.0 Å². The maximum atomic E-state index is 13.1. The maximum Gasteiger partial charge on any atom is 0.420 e. The average molecular weight is 382 g/mol. The summed E-state index contributed by atoms with van der Waals surface area (Å²) < 4.78 is 44.1. The van der Waals surface area contributed by atoms with E-state index in [-0.39, 0.29) is 11.5 Å². The first-order valence-corrected chi connectivity index (χ1v) is 7.47. The molecule has 0 fully saturated rings. The summed E-state index contributed by atoms with van der Waals surface area (Å²) in [7, 11) is 0. The third-order valence-corrected chi connectivity index (χ3v) is 3.37. The van der Waals surface area contributed by atoms with Crippen LogP contribution >= 0.6 is 0 Å². The van der Waals surface area contributed by atoms with Crippen LogP contribution in [0.25, 0.3) is 0 Å². The predicted molar refractivity (Wildman–Crippen MR) is 88.7 cm³/mol. The molecule has 0 unspecified atom stereocenters. The first kappa shape index (κ1) is 19.9. The van der Waals surface area contributed by atoms with Gasteiger partial charge in [0.25, 0.3) is 5.69 Å². The van der Waals surface area contributed by atoms with Crippen LogP contribution in [0.4, 0.5) is 24.5 Å². The Morgan fingerprint density at radius 3 is 2.30 bits per heavy atom. The highest BCUT2D eigenvalue weighted by Crippen LogP contribution is 2.38. The van der Waals surface area contributed by atoms with Gasteiger partial charge in [0.05, 0.1) is 4.92 Å². The van der Waals surface area contributed by atoms with E-state index < -0.39 is 40.5 Å². The molecule has 2 aromatic carbocycles. The summed E-state index contributed by atoms with van der Waals surface area (Å²) in [6, 6.07) is 7.70. The number of nitrogens with one attached hydrogen (secondary N) is 1. The molecular weight excluding hydrogens is 369 g/mol. The van der Waals surface area contributed by atoms with Crippen molar-refractivity contribution in [2.45, 2.75) is 13.1 Å². The predicted octanol–water partition coefficient (Wildman–Crippen LogP) is 3.83. The first-order chi connectivity index (χ1) is 12.6. The number of rotatable bonds is 6. The average Bonchev–Trinajstić information content (AvgIpc) is 2.58. The Kier molecular flexibility index (Phi) is 5.78. The van der Waals surface area contributed by atoms with Crippen LogP contribution in [0.15, 0.2) is 42.5 Å². The Morgan fingerprint density at radius 1 is 1.15 bits per heavy atom. The van der Waals surface area contributed by atoms with Gasteiger partial charge < -0.3 is 10.1 Å². The molecule has 0 bridgehead atoms. The Hall–Kier alpha value is -3.43. The van der Waals surface area contributed by atoms with Crippen LogP contribution < -0.4 is 10.1 Å². The molecule has 0 saturated carbocycles. The van der Waals surface area contributed by atoms with Crippen molar-refractivity contribution >= 4 is 23.1 Å². The number of Topliss-reactive ketones (excluding diaryl/α,β-unsaturated/α-hetero) is 1. The number of benzene rings is 2. The lowest BCUT2D eigenvalue weighted by Gasteiger charge is -2.13. The summed E-state index contributed by atoms with van der Waals surface area (Å²) in [6.07, 6.45) is -4.88. The SMILES string of the molecule is CC(=O)Nc1ccc(C(=O)COc2ccc([N+](=O)[O-])cc2C(F)(F)F)cc1. The number of carbonyl (C=O) groups excluding carboxylic acids is 2. The molecular formula is C17H13F3N2O5. The lowest BCUT2D eigenvalue weighted by molar-refractivity contribution is -0.385. The zero-order valence-electron chi connectivity index (χ0n) is 13.9. The van der Waals surface area contributed by atoms with Gasteiger partial charge in [-0.3, -0.25) is 19.7 Å². The van der Waals surface area contributed by atoms with Crippen molar-refractivity contribution in [3.8, 4) is 5.75 Å². The Bertz CT molecular complexity index is 879. The number of alkyl halides is 3. The summed E-state index contributed by atoms with van der Waals surface area (Å²) in [5.41, 5.74) is -1.46. The van der Waals surface area contributed by atoms with Crippen molar-refractivity contribution < 1.29 is 32.4 Å². The van der Waals surface area contributed by atoms with Gasteiger partial charge in [-0.05, 0) is 30.3 Å². The van der Waals surface area contributed by atoms with E-state index in [0.29, 0.717) is 11.8 Å². The van der Waals surface area contributed by atoms with Crippen molar-refractivity contribution in [3.05, 3.63) is 63.7 Å². The van der Waals surface area contributed by atoms with Gasteiger partial charge in [-0.1, -0.05) is 0 Å². The van der Waals surface area contributed by atoms with E-state index in [1.54, 1.807) is 0 Å². The fourth-order valence-electron chi connectivity index (χ4n) is 2.15. The van der Waals surface area contributed by atoms with E-state index in [4.69, 9.17) is 4.74 Å². The van der Waals surface area contributed by atoms with Crippen LogP contribution in [0.2, 0.25) is 0 Å². The van der Waals surface area contributed by atoms with Crippen molar-refractivity contribution in [1.82, 2.24) is 0 Å². The van der Waals surface area contributed by atoms with Gasteiger partial charge in [0, 0.05) is 30.3 Å². The summed E-state index contributed by atoms with van der Waals surface area (Å²) in [4.78, 5) is 32.7. The van der Waals surface area contributed by atoms with E-state index in [2.05, 4.69) is 5.32 Å². The highest BCUT2D eigenvalue weighted by Gasteiger charge is 2.36. The second kappa shape index (κ2) is 7.85. The largest absolute Gasteiger partial charge is 0.485 e. The van der Waals surface area contributed by atoms with Gasteiger partial charge in [-0.25, -0.2) is 0 Å². The minimum absolute atomic E-state index is 0.166. The molecule has 0 aliphatic carbocycles. The molecule has 142 valence electrons. The Morgan fingerprint density at radius 2 is 1.78 bits per heavy atom. The van der Waals surface area contributed by atoms with Crippen molar-refractivity contribution in [2.75, 3.05) is 11.9 Å². The van der Waals surface area contributed by atoms with Gasteiger partial charge >= 0.3 is 6.18 Å². The number of carbonyl (C=O) groups is 2. The molecule has 7 nitrogen and oxygen atoms in total. The summed E-state index contributed by atoms with van der Waals surface area (Å²) >= 11 is 0. The van der Waals surface area contributed by atoms with E-state index >= 15 is 0 Å². The molecule has 1 N–H and O–H groups in total. The van der Waals surface area contributed by atoms with Crippen molar-refractivity contribution in [3.63, 3.8) is 0 Å². The first-order valence-electron chi connectivity index (χ1n) is 7.47. The summed E-state index contributed by atoms with van der Waals surface area (Å²) in [5.74, 6) is -1.58. The van der Waals surface area contributed by atoms with Gasteiger partial charge in [0.15, 0.2) is 12.4 Å². The monoisotopic (exact) mass is 382 g/mol. The number of hydrogen-bond donors (Lipinski definition) is 1. The van der Waals surface area contributed by atoms with Gasteiger partial charge in [0.2, 0.25) is 5.91 Å². The maximum absolute atomic E-state index is 13.1. The Balaban J connectivity index is 2.14. The molecule has 27 heavy (non-hydrogen) atoms. The lowest BCUT2D eigenvalue weighted by Crippen LogP contribution is -2.15. The highest BCUT2D eigenvalue weighted by molar-refractivity contribution is 5.98. The zero-order chi connectivity index (χ0) is 20.2. The number of ketones is 1. The van der Waals surface area contributed by atoms with E-state index in [1.807, 2.05) is 0 Å². The second-order valence-electron chi connectivity index (χ2n) is 5.41. The molecule has 0 saturated heterocycles. The lowest BCUT2D eigenvalue weighted by atomic mass is 10.1. The fourth-order valence-corrected chi connectivity index (χ4v) is 2.15. The number of non-ortho nitro benzene ring substituents is 1. The molecule has 2 aromatic rings. The number of hydrogen-bond acceptors (Lipinski definition) is 5. The standard InChI is InChI=1S/C17H13F3N2O5/c1-10(23)21-12-4-2-11(3-5-12)15(24)9-27-16-7-6-13(22(25)26)8-14(16)17(18,19)20/h2-8H,9H2,1H3,(H,21,23). The topological polar surface area (TPSA) is 98.5 Å². The number of ether oxygens (including phenoxy) is 1. The van der Waals surface area contributed by atoms with Crippen LogP contribution in [0, 0.1) is 10.1 Å². The number of nitrogens with zero attached hydrogens (tertiary/aromatic N) is 1. The highest BCUT2D eigenvalue weighted by atomic mass is 19.4. The molecule has 0 aliphatic heterocycles. The molecule has 0 atom stereocenters. The second-order valence-corrected chi connectivity index (χ2v) is 5.41. The van der Waals surface area contributed by atoms with E-state index in [0.717, 1.165) is 12.1 Å². The quantitative estimate of drug-likeness (QED) is 0.465. The normalized spacial score (nSPS) is 11.0. The molecule has 2 rings (SSSR count). The van der Waals surface area contributed by atoms with Crippen LogP contribution in [0.1, 0.15) is 22.8 Å². The van der Waals surface area contributed by atoms with Gasteiger partial charge in [0.1, 0.15) is 11.3 Å². The number of anilines is 1. The molecule has 1 amide bonds. The van der Waals surface area contributed by atoms with Crippen LogP contribution in [0.5, 0.6) is 5.75 Å². The van der Waals surface area contributed by atoms with Crippen molar-refractivity contribution in [2.24, 2.45) is 0 Å². The number of nitro groups is 1. The number of amides is 1. The molecule has 0 heterocycles. The third-order valence-electron chi connectivity index (χ3n) is 3.37. The minimum atomic E-state index is -4.88. The third kappa shape index (κ3) is 5.27. The Labute approximate surface area is 150 Å². The van der Waals surface area contributed by atoms with Crippen LogP contribution in [0.3, 0.4) is 0 Å². The number of nitro benzene ring substituents is 1. The van der Waals surface area contributed by atoms with E-state index in [1.165, 1.54) is 31.2 Å². The summed E-state index contributed by atoms with van der Waals surface area (Å²) in [5, 5.41) is 13.2. The van der Waals surface area contributed by atoms with Crippen LogP contribution in [-0.4, -0.2) is 23.2 Å². The zero-order valence-corrected chi connectivity index (χ0v) is 13.9. The molecule has 0 aliphatic rings. The minimum Gasteiger partial charge on any atom is -0.485 e. The smallest absolute Gasteiger partial charge is 0.420 e. The molecule has 0 radical (unpaired) electrons. The molecule has 10 heteroatoms. The van der Waals surface area contributed by atoms with Gasteiger partial charge in [-0.2, -0.15) is 13.2 Å². The molecule has 0 aromatic heterocycles. The number of halogens is 3. The fraction of sp³-hybridized carbons (Fsp3) is 0.176. The van der Waals surface area contributed by atoms with Crippen molar-refractivity contribution in [1.29, 1.82) is 0 Å². The van der Waals surface area contributed by atoms with E-state index in [9.17, 15) is 32.9 Å².